The average molecular weight is 404 g/mol. The monoisotopic (exact) mass is 403 g/mol. The van der Waals surface area contributed by atoms with E-state index in [2.05, 4.69) is 26.1 Å². The number of hydrogen-bond acceptors (Lipinski definition) is 3. The van der Waals surface area contributed by atoms with E-state index in [0.717, 1.165) is 25.8 Å². The first-order valence-corrected chi connectivity index (χ1v) is 10.1. The Morgan fingerprint density at radius 2 is 1.96 bits per heavy atom. The van der Waals surface area contributed by atoms with Crippen LogP contribution in [0.25, 0.3) is 0 Å². The molecule has 1 aliphatic heterocycles. The van der Waals surface area contributed by atoms with Gasteiger partial charge in [-0.05, 0) is 61.6 Å². The second kappa shape index (κ2) is 8.22. The topological polar surface area (TPSA) is 38.3 Å². The zero-order valence-corrected chi connectivity index (χ0v) is 17.4. The van der Waals surface area contributed by atoms with Crippen molar-refractivity contribution in [1.82, 2.24) is 5.32 Å². The fourth-order valence-corrected chi connectivity index (χ4v) is 3.71. The highest BCUT2D eigenvalue weighted by molar-refractivity contribution is 6.32. The molecule has 0 spiro atoms. The molecule has 2 aromatic rings. The van der Waals surface area contributed by atoms with Crippen LogP contribution >= 0.6 is 11.6 Å². The van der Waals surface area contributed by atoms with Gasteiger partial charge in [-0.2, -0.15) is 0 Å². The van der Waals surface area contributed by atoms with Crippen LogP contribution in [0, 0.1) is 16.6 Å². The van der Waals surface area contributed by atoms with Gasteiger partial charge >= 0.3 is 0 Å². The molecule has 0 aromatic heterocycles. The Bertz CT molecular complexity index is 854. The maximum atomic E-state index is 13.9. The van der Waals surface area contributed by atoms with E-state index in [4.69, 9.17) is 16.3 Å². The molecule has 0 bridgehead atoms. The summed E-state index contributed by atoms with van der Waals surface area (Å²) in [7, 11) is 0. The largest absolute Gasteiger partial charge is 0.453 e. The molecule has 1 heterocycles. The van der Waals surface area contributed by atoms with Gasteiger partial charge in [0.1, 0.15) is 5.75 Å². The smallest absolute Gasteiger partial charge is 0.170 e. The quantitative estimate of drug-likeness (QED) is 0.578. The van der Waals surface area contributed by atoms with Crippen molar-refractivity contribution >= 4 is 17.4 Å². The lowest BCUT2D eigenvalue weighted by atomic mass is 9.72. The number of Topliss-reactive ketones (excluding diaryl/α,β-unsaturated/α-hetero) is 1. The van der Waals surface area contributed by atoms with E-state index >= 15 is 0 Å². The lowest BCUT2D eigenvalue weighted by Gasteiger charge is -2.30. The minimum Gasteiger partial charge on any atom is -0.453 e. The van der Waals surface area contributed by atoms with Crippen molar-refractivity contribution in [3.63, 3.8) is 0 Å². The van der Waals surface area contributed by atoms with E-state index in [1.54, 1.807) is 30.3 Å². The molecule has 0 aliphatic carbocycles. The van der Waals surface area contributed by atoms with Crippen LogP contribution in [-0.2, 0) is 0 Å². The van der Waals surface area contributed by atoms with Crippen LogP contribution in [0.1, 0.15) is 50.4 Å². The number of ketones is 1. The van der Waals surface area contributed by atoms with Gasteiger partial charge in [0.15, 0.2) is 17.3 Å². The lowest BCUT2D eigenvalue weighted by molar-refractivity contribution is 0.0783. The molecular formula is C23H27ClFNO2. The van der Waals surface area contributed by atoms with E-state index < -0.39 is 11.2 Å². The summed E-state index contributed by atoms with van der Waals surface area (Å²) >= 11 is 6.25. The van der Waals surface area contributed by atoms with Crippen molar-refractivity contribution in [3.8, 4) is 11.5 Å². The SMILES string of the molecule is CC(C)(C)CCC1(C(=O)c2ccc(Cl)c(Oc3ccccc3F)c2)CCNC1. The summed E-state index contributed by atoms with van der Waals surface area (Å²) in [5, 5.41) is 3.69. The fraction of sp³-hybridized carbons (Fsp3) is 0.435. The predicted octanol–water partition coefficient (Wildman–Crippen LogP) is 6.26. The van der Waals surface area contributed by atoms with E-state index in [0.29, 0.717) is 17.1 Å². The number of halogens is 2. The number of carbonyl (C=O) groups excluding carboxylic acids is 1. The zero-order chi connectivity index (χ0) is 20.4. The van der Waals surface area contributed by atoms with Crippen molar-refractivity contribution in [2.24, 2.45) is 10.8 Å². The summed E-state index contributed by atoms with van der Waals surface area (Å²) in [6, 6.07) is 11.1. The predicted molar refractivity (Wildman–Crippen MR) is 111 cm³/mol. The van der Waals surface area contributed by atoms with E-state index in [-0.39, 0.29) is 22.7 Å². The molecule has 5 heteroatoms. The van der Waals surface area contributed by atoms with Gasteiger partial charge < -0.3 is 10.1 Å². The first-order chi connectivity index (χ1) is 13.2. The Kier molecular flexibility index (Phi) is 6.11. The maximum Gasteiger partial charge on any atom is 0.170 e. The van der Waals surface area contributed by atoms with Crippen LogP contribution in [-0.4, -0.2) is 18.9 Å². The number of rotatable bonds is 6. The summed E-state index contributed by atoms with van der Waals surface area (Å²) in [6.45, 7) is 8.08. The molecule has 1 aliphatic rings. The van der Waals surface area contributed by atoms with E-state index in [1.165, 1.54) is 12.1 Å². The first-order valence-electron chi connectivity index (χ1n) is 9.68. The van der Waals surface area contributed by atoms with Crippen LogP contribution in [0.5, 0.6) is 11.5 Å². The van der Waals surface area contributed by atoms with E-state index in [9.17, 15) is 9.18 Å². The lowest BCUT2D eigenvalue weighted by Crippen LogP contribution is -2.34. The third-order valence-electron chi connectivity index (χ3n) is 5.33. The summed E-state index contributed by atoms with van der Waals surface area (Å²) in [5.74, 6) is -0.0118. The molecule has 1 unspecified atom stereocenters. The van der Waals surface area contributed by atoms with Gasteiger partial charge in [-0.3, -0.25) is 4.79 Å². The summed E-state index contributed by atoms with van der Waals surface area (Å²) in [5.41, 5.74) is 0.291. The van der Waals surface area contributed by atoms with Crippen LogP contribution in [0.15, 0.2) is 42.5 Å². The Balaban J connectivity index is 1.88. The molecule has 1 atom stereocenters. The van der Waals surface area contributed by atoms with Crippen LogP contribution in [0.3, 0.4) is 0 Å². The van der Waals surface area contributed by atoms with Crippen LogP contribution < -0.4 is 10.1 Å². The Morgan fingerprint density at radius 3 is 2.61 bits per heavy atom. The van der Waals surface area contributed by atoms with Gasteiger partial charge in [-0.15, -0.1) is 0 Å². The van der Waals surface area contributed by atoms with Gasteiger partial charge in [-0.1, -0.05) is 44.5 Å². The van der Waals surface area contributed by atoms with Gasteiger partial charge in [-0.25, -0.2) is 4.39 Å². The minimum atomic E-state index is -0.475. The van der Waals surface area contributed by atoms with Gasteiger partial charge in [0, 0.05) is 17.5 Å². The Labute approximate surface area is 171 Å². The zero-order valence-electron chi connectivity index (χ0n) is 16.6. The number of nitrogens with one attached hydrogen (secondary N) is 1. The first kappa shape index (κ1) is 20.8. The number of para-hydroxylation sites is 1. The van der Waals surface area contributed by atoms with Crippen LogP contribution in [0.4, 0.5) is 4.39 Å². The van der Waals surface area contributed by atoms with Crippen molar-refractivity contribution in [1.29, 1.82) is 0 Å². The molecule has 150 valence electrons. The third kappa shape index (κ3) is 4.73. The van der Waals surface area contributed by atoms with E-state index in [1.807, 2.05) is 0 Å². The van der Waals surface area contributed by atoms with Crippen molar-refractivity contribution < 1.29 is 13.9 Å². The molecule has 3 nitrogen and oxygen atoms in total. The Morgan fingerprint density at radius 1 is 1.21 bits per heavy atom. The van der Waals surface area contributed by atoms with Gasteiger partial charge in [0.25, 0.3) is 0 Å². The van der Waals surface area contributed by atoms with Gasteiger partial charge in [0.05, 0.1) is 5.02 Å². The van der Waals surface area contributed by atoms with Crippen molar-refractivity contribution in [3.05, 3.63) is 58.9 Å². The fourth-order valence-electron chi connectivity index (χ4n) is 3.55. The van der Waals surface area contributed by atoms with Crippen molar-refractivity contribution in [2.75, 3.05) is 13.1 Å². The highest BCUT2D eigenvalue weighted by Crippen LogP contribution is 2.40. The molecule has 1 fully saturated rings. The molecule has 3 rings (SSSR count). The number of carbonyl (C=O) groups is 1. The highest BCUT2D eigenvalue weighted by atomic mass is 35.5. The average Bonchev–Trinajstić information content (AvgIpc) is 3.13. The summed E-state index contributed by atoms with van der Waals surface area (Å²) < 4.78 is 19.6. The molecule has 2 aromatic carbocycles. The number of benzene rings is 2. The number of hydrogen-bond donors (Lipinski definition) is 1. The molecule has 0 radical (unpaired) electrons. The molecule has 1 N–H and O–H groups in total. The second-order valence-corrected chi connectivity index (χ2v) is 9.18. The summed E-state index contributed by atoms with van der Waals surface area (Å²) in [6.07, 6.45) is 2.61. The second-order valence-electron chi connectivity index (χ2n) is 8.77. The highest BCUT2D eigenvalue weighted by Gasteiger charge is 2.42. The molecule has 1 saturated heterocycles. The van der Waals surface area contributed by atoms with Crippen LogP contribution in [0.2, 0.25) is 5.02 Å². The Hall–Kier alpha value is -1.91. The normalized spacial score (nSPS) is 19.6. The maximum absolute atomic E-state index is 13.9. The van der Waals surface area contributed by atoms with Gasteiger partial charge in [0.2, 0.25) is 0 Å². The standard InChI is InChI=1S/C23H27ClFNO2/c1-22(2,3)10-11-23(12-13-26-15-23)21(27)16-8-9-17(24)20(14-16)28-19-7-5-4-6-18(19)25/h4-9,14,26H,10-13,15H2,1-3H3. The molecule has 0 saturated carbocycles. The number of ether oxygens (including phenoxy) is 1. The van der Waals surface area contributed by atoms with Crippen molar-refractivity contribution in [2.45, 2.75) is 40.0 Å². The minimum absolute atomic E-state index is 0.0824. The molecular weight excluding hydrogens is 377 g/mol. The summed E-state index contributed by atoms with van der Waals surface area (Å²) in [4.78, 5) is 13.5. The molecule has 28 heavy (non-hydrogen) atoms. The third-order valence-corrected chi connectivity index (χ3v) is 5.64. The molecule has 0 amide bonds.